The van der Waals surface area contributed by atoms with E-state index in [1.54, 1.807) is 0 Å². The Morgan fingerprint density at radius 3 is 2.93 bits per heavy atom. The molecule has 1 aromatic rings. The van der Waals surface area contributed by atoms with E-state index in [0.29, 0.717) is 12.6 Å². The van der Waals surface area contributed by atoms with Crippen LogP contribution in [0.15, 0.2) is 6.20 Å². The minimum Gasteiger partial charge on any atom is -0.375 e. The van der Waals surface area contributed by atoms with Gasteiger partial charge in [0.1, 0.15) is 0 Å². The van der Waals surface area contributed by atoms with Gasteiger partial charge in [0.2, 0.25) is 0 Å². The van der Waals surface area contributed by atoms with Gasteiger partial charge in [0, 0.05) is 6.61 Å². The second-order valence-electron chi connectivity index (χ2n) is 3.96. The highest BCUT2D eigenvalue weighted by molar-refractivity contribution is 14.1. The summed E-state index contributed by atoms with van der Waals surface area (Å²) >= 11 is 2.34. The predicted molar refractivity (Wildman–Crippen MR) is 67.8 cm³/mol. The lowest BCUT2D eigenvalue weighted by Crippen LogP contribution is -2.12. The number of halogens is 1. The van der Waals surface area contributed by atoms with E-state index in [-0.39, 0.29) is 0 Å². The van der Waals surface area contributed by atoms with Crippen molar-refractivity contribution in [3.63, 3.8) is 0 Å². The molecular weight excluding hydrogens is 303 g/mol. The van der Waals surface area contributed by atoms with E-state index in [0.717, 1.165) is 6.61 Å². The molecule has 1 aliphatic carbocycles. The van der Waals surface area contributed by atoms with E-state index in [4.69, 9.17) is 4.74 Å². The van der Waals surface area contributed by atoms with Crippen LogP contribution in [0.25, 0.3) is 0 Å². The Labute approximate surface area is 104 Å². The van der Waals surface area contributed by atoms with Crippen LogP contribution < -0.4 is 0 Å². The average molecular weight is 320 g/mol. The fourth-order valence-electron chi connectivity index (χ4n) is 2.16. The Bertz CT molecular complexity index is 318. The predicted octanol–water partition coefficient (Wildman–Crippen LogP) is 3.14. The van der Waals surface area contributed by atoms with E-state index in [1.165, 1.54) is 34.9 Å². The monoisotopic (exact) mass is 320 g/mol. The molecule has 2 rings (SSSR count). The highest BCUT2D eigenvalue weighted by atomic mass is 127. The summed E-state index contributed by atoms with van der Waals surface area (Å²) in [5.74, 6) is 0. The van der Waals surface area contributed by atoms with Crippen molar-refractivity contribution >= 4 is 22.6 Å². The highest BCUT2D eigenvalue weighted by Gasteiger charge is 2.21. The fraction of sp³-hybridized carbons (Fsp3) is 0.727. The van der Waals surface area contributed by atoms with Crippen molar-refractivity contribution < 1.29 is 4.74 Å². The Morgan fingerprint density at radius 1 is 1.53 bits per heavy atom. The van der Waals surface area contributed by atoms with E-state index < -0.39 is 0 Å². The number of rotatable bonds is 4. The Morgan fingerprint density at radius 2 is 2.27 bits per heavy atom. The first-order chi connectivity index (χ1) is 7.33. The summed E-state index contributed by atoms with van der Waals surface area (Å²) in [5, 5.41) is 4.48. The van der Waals surface area contributed by atoms with Crippen molar-refractivity contribution in [2.24, 2.45) is 0 Å². The maximum Gasteiger partial charge on any atom is 0.0895 e. The van der Waals surface area contributed by atoms with Crippen molar-refractivity contribution in [2.45, 2.75) is 45.3 Å². The first-order valence-electron chi connectivity index (χ1n) is 5.62. The average Bonchev–Trinajstić information content (AvgIpc) is 2.84. The zero-order valence-electron chi connectivity index (χ0n) is 9.08. The molecular formula is C11H17IN2O. The van der Waals surface area contributed by atoms with Crippen LogP contribution in [0.5, 0.6) is 0 Å². The summed E-state index contributed by atoms with van der Waals surface area (Å²) < 4.78 is 8.91. The van der Waals surface area contributed by atoms with Crippen LogP contribution in [-0.4, -0.2) is 16.4 Å². The SMILES string of the molecule is CCOCc1c(I)cnn1C1CCCC1. The van der Waals surface area contributed by atoms with Crippen molar-refractivity contribution in [2.75, 3.05) is 6.61 Å². The minimum atomic E-state index is 0.615. The van der Waals surface area contributed by atoms with Gasteiger partial charge >= 0.3 is 0 Å². The lowest BCUT2D eigenvalue weighted by molar-refractivity contribution is 0.125. The molecule has 1 saturated carbocycles. The third kappa shape index (κ3) is 2.53. The molecule has 1 fully saturated rings. The second-order valence-corrected chi connectivity index (χ2v) is 5.12. The molecule has 0 aliphatic heterocycles. The maximum absolute atomic E-state index is 5.49. The van der Waals surface area contributed by atoms with Gasteiger partial charge < -0.3 is 4.74 Å². The first kappa shape index (κ1) is 11.4. The molecule has 1 aliphatic rings. The Hall–Kier alpha value is -0.100. The molecule has 0 spiro atoms. The minimum absolute atomic E-state index is 0.615. The molecule has 4 heteroatoms. The zero-order chi connectivity index (χ0) is 10.7. The largest absolute Gasteiger partial charge is 0.375 e. The smallest absolute Gasteiger partial charge is 0.0895 e. The van der Waals surface area contributed by atoms with Crippen LogP contribution in [0, 0.1) is 3.57 Å². The molecule has 0 saturated heterocycles. The van der Waals surface area contributed by atoms with Crippen LogP contribution in [0.4, 0.5) is 0 Å². The van der Waals surface area contributed by atoms with E-state index in [1.807, 2.05) is 13.1 Å². The maximum atomic E-state index is 5.49. The lowest BCUT2D eigenvalue weighted by Gasteiger charge is -2.14. The molecule has 0 radical (unpaired) electrons. The summed E-state index contributed by atoms with van der Waals surface area (Å²) in [5.41, 5.74) is 1.25. The quantitative estimate of drug-likeness (QED) is 0.797. The zero-order valence-corrected chi connectivity index (χ0v) is 11.2. The molecule has 1 heterocycles. The first-order valence-corrected chi connectivity index (χ1v) is 6.70. The van der Waals surface area contributed by atoms with Crippen LogP contribution >= 0.6 is 22.6 Å². The van der Waals surface area contributed by atoms with Crippen LogP contribution in [-0.2, 0) is 11.3 Å². The molecule has 0 aromatic carbocycles. The van der Waals surface area contributed by atoms with Gasteiger partial charge in [-0.2, -0.15) is 5.10 Å². The normalized spacial score (nSPS) is 17.5. The molecule has 15 heavy (non-hydrogen) atoms. The number of hydrogen-bond acceptors (Lipinski definition) is 2. The number of hydrogen-bond donors (Lipinski definition) is 0. The second kappa shape index (κ2) is 5.30. The number of aromatic nitrogens is 2. The standard InChI is InChI=1S/C11H17IN2O/c1-2-15-8-11-10(12)7-13-14(11)9-5-3-4-6-9/h7,9H,2-6,8H2,1H3. The number of ether oxygens (including phenoxy) is 1. The van der Waals surface area contributed by atoms with Gasteiger partial charge in [-0.25, -0.2) is 0 Å². The van der Waals surface area contributed by atoms with Gasteiger partial charge in [-0.05, 0) is 42.4 Å². The number of nitrogens with zero attached hydrogens (tertiary/aromatic N) is 2. The van der Waals surface area contributed by atoms with Crippen molar-refractivity contribution in [1.29, 1.82) is 0 Å². The molecule has 0 atom stereocenters. The van der Waals surface area contributed by atoms with E-state index in [2.05, 4.69) is 32.4 Å². The molecule has 0 N–H and O–H groups in total. The Kier molecular flexibility index (Phi) is 4.02. The summed E-state index contributed by atoms with van der Waals surface area (Å²) in [6.07, 6.45) is 7.19. The van der Waals surface area contributed by atoms with Crippen LogP contribution in [0.2, 0.25) is 0 Å². The van der Waals surface area contributed by atoms with Gasteiger partial charge in [-0.15, -0.1) is 0 Å². The molecule has 0 unspecified atom stereocenters. The van der Waals surface area contributed by atoms with E-state index >= 15 is 0 Å². The van der Waals surface area contributed by atoms with Crippen LogP contribution in [0.1, 0.15) is 44.3 Å². The van der Waals surface area contributed by atoms with Crippen molar-refractivity contribution in [3.05, 3.63) is 15.5 Å². The molecule has 3 nitrogen and oxygen atoms in total. The van der Waals surface area contributed by atoms with E-state index in [9.17, 15) is 0 Å². The van der Waals surface area contributed by atoms with Gasteiger partial charge in [0.25, 0.3) is 0 Å². The topological polar surface area (TPSA) is 27.1 Å². The summed E-state index contributed by atoms with van der Waals surface area (Å²) in [7, 11) is 0. The summed E-state index contributed by atoms with van der Waals surface area (Å²) in [4.78, 5) is 0. The summed E-state index contributed by atoms with van der Waals surface area (Å²) in [6.45, 7) is 3.50. The summed E-state index contributed by atoms with van der Waals surface area (Å²) in [6, 6.07) is 0.615. The van der Waals surface area contributed by atoms with Gasteiger partial charge in [0.05, 0.1) is 28.1 Å². The van der Waals surface area contributed by atoms with Gasteiger partial charge in [-0.3, -0.25) is 4.68 Å². The van der Waals surface area contributed by atoms with Gasteiger partial charge in [0.15, 0.2) is 0 Å². The van der Waals surface area contributed by atoms with Crippen molar-refractivity contribution in [3.8, 4) is 0 Å². The van der Waals surface area contributed by atoms with Crippen molar-refractivity contribution in [1.82, 2.24) is 9.78 Å². The molecule has 84 valence electrons. The van der Waals surface area contributed by atoms with Crippen LogP contribution in [0.3, 0.4) is 0 Å². The highest BCUT2D eigenvalue weighted by Crippen LogP contribution is 2.31. The third-order valence-corrected chi connectivity index (χ3v) is 3.86. The molecule has 0 bridgehead atoms. The van der Waals surface area contributed by atoms with Gasteiger partial charge in [-0.1, -0.05) is 12.8 Å². The molecule has 1 aromatic heterocycles. The lowest BCUT2D eigenvalue weighted by atomic mass is 10.2. The molecule has 0 amide bonds. The third-order valence-electron chi connectivity index (χ3n) is 2.96. The Balaban J connectivity index is 2.14. The fourth-order valence-corrected chi connectivity index (χ4v) is 2.69.